The minimum absolute atomic E-state index is 0.00627. The molecule has 1 saturated carbocycles. The smallest absolute Gasteiger partial charge is 0.300 e. The van der Waals surface area contributed by atoms with Crippen LogP contribution in [0.3, 0.4) is 0 Å². The summed E-state index contributed by atoms with van der Waals surface area (Å²) in [6.45, 7) is 0. The number of benzene rings is 1. The van der Waals surface area contributed by atoms with Gasteiger partial charge < -0.3 is 5.32 Å². The Hall–Kier alpha value is -3.12. The number of anilines is 1. The molecule has 0 aliphatic heterocycles. The maximum Gasteiger partial charge on any atom is 0.452 e. The van der Waals surface area contributed by atoms with Crippen molar-refractivity contribution < 1.29 is 26.7 Å². The molecule has 1 fully saturated rings. The van der Waals surface area contributed by atoms with E-state index in [4.69, 9.17) is 10.5 Å². The van der Waals surface area contributed by atoms with Gasteiger partial charge in [-0.2, -0.15) is 33.1 Å². The molecular formula is C18H12F5N5OS. The lowest BCUT2D eigenvalue weighted by atomic mass is 9.82. The van der Waals surface area contributed by atoms with Crippen molar-refractivity contribution in [2.75, 3.05) is 5.32 Å². The maximum absolute atomic E-state index is 13.8. The van der Waals surface area contributed by atoms with Gasteiger partial charge in [0.1, 0.15) is 0 Å². The molecule has 2 unspecified atom stereocenters. The summed E-state index contributed by atoms with van der Waals surface area (Å²) in [5, 5.41) is 20.1. The molecule has 6 nitrogen and oxygen atoms in total. The standard InChI is InChI=1S/C18H12F5N5OS/c19-17(20)2-1-11(6-17)13(12-4-9(7-24)3-10(5-12)8-25)14(29)26-16-27-15(28-30-16)18(21,22)23/h3-5,11,13H,1-2,6H2,(H,26,27,28,29). The average molecular weight is 441 g/mol. The number of aromatic nitrogens is 2. The Morgan fingerprint density at radius 3 is 2.33 bits per heavy atom. The van der Waals surface area contributed by atoms with Gasteiger partial charge in [-0.05, 0) is 36.1 Å². The Bertz CT molecular complexity index is 1020. The van der Waals surface area contributed by atoms with E-state index in [1.54, 1.807) is 0 Å². The maximum atomic E-state index is 13.8. The first-order valence-electron chi connectivity index (χ1n) is 8.57. The molecule has 1 aromatic heterocycles. The summed E-state index contributed by atoms with van der Waals surface area (Å²) in [4.78, 5) is 16.1. The van der Waals surface area contributed by atoms with Crippen LogP contribution < -0.4 is 5.32 Å². The summed E-state index contributed by atoms with van der Waals surface area (Å²) in [6, 6.07) is 7.57. The molecule has 30 heavy (non-hydrogen) atoms. The zero-order valence-corrected chi connectivity index (χ0v) is 15.8. The number of carbonyl (C=O) groups excluding carboxylic acids is 1. The number of nitrogens with one attached hydrogen (secondary N) is 1. The molecule has 0 saturated heterocycles. The summed E-state index contributed by atoms with van der Waals surface area (Å²) in [6.07, 6.45) is -5.85. The van der Waals surface area contributed by atoms with Crippen LogP contribution in [0, 0.1) is 28.6 Å². The second-order valence-corrected chi connectivity index (χ2v) is 7.57. The van der Waals surface area contributed by atoms with Gasteiger partial charge in [0.2, 0.25) is 22.8 Å². The van der Waals surface area contributed by atoms with Crippen LogP contribution in [0.2, 0.25) is 0 Å². The molecule has 1 aliphatic rings. The minimum Gasteiger partial charge on any atom is -0.300 e. The van der Waals surface area contributed by atoms with Crippen LogP contribution >= 0.6 is 11.5 Å². The molecule has 2 atom stereocenters. The average Bonchev–Trinajstić information content (AvgIpc) is 3.27. The fraction of sp³-hybridized carbons (Fsp3) is 0.389. The molecule has 1 amide bonds. The molecule has 1 aliphatic carbocycles. The third kappa shape index (κ3) is 4.71. The van der Waals surface area contributed by atoms with Crippen molar-refractivity contribution in [3.8, 4) is 12.1 Å². The fourth-order valence-corrected chi connectivity index (χ4v) is 4.03. The highest BCUT2D eigenvalue weighted by Crippen LogP contribution is 2.46. The third-order valence-corrected chi connectivity index (χ3v) is 5.31. The van der Waals surface area contributed by atoms with Gasteiger partial charge in [-0.1, -0.05) is 0 Å². The largest absolute Gasteiger partial charge is 0.452 e. The zero-order valence-electron chi connectivity index (χ0n) is 15.0. The molecule has 1 aromatic carbocycles. The summed E-state index contributed by atoms with van der Waals surface area (Å²) in [5.41, 5.74) is 0.273. The van der Waals surface area contributed by atoms with Gasteiger partial charge in [-0.15, -0.1) is 0 Å². The highest BCUT2D eigenvalue weighted by molar-refractivity contribution is 7.09. The Balaban J connectivity index is 1.96. The van der Waals surface area contributed by atoms with Crippen LogP contribution in [0.15, 0.2) is 18.2 Å². The lowest BCUT2D eigenvalue weighted by molar-refractivity contribution is -0.144. The van der Waals surface area contributed by atoms with E-state index >= 15 is 0 Å². The van der Waals surface area contributed by atoms with Gasteiger partial charge in [0.25, 0.3) is 0 Å². The second kappa shape index (κ2) is 7.95. The highest BCUT2D eigenvalue weighted by atomic mass is 32.1. The van der Waals surface area contributed by atoms with Crippen molar-refractivity contribution in [1.29, 1.82) is 10.5 Å². The first-order chi connectivity index (χ1) is 14.0. The van der Waals surface area contributed by atoms with Crippen molar-refractivity contribution in [3.63, 3.8) is 0 Å². The summed E-state index contributed by atoms with van der Waals surface area (Å²) >= 11 is 0.309. The van der Waals surface area contributed by atoms with Crippen molar-refractivity contribution in [3.05, 3.63) is 40.7 Å². The quantitative estimate of drug-likeness (QED) is 0.706. The van der Waals surface area contributed by atoms with Crippen LogP contribution in [0.1, 0.15) is 47.7 Å². The summed E-state index contributed by atoms with van der Waals surface area (Å²) < 4.78 is 68.8. The molecule has 2 aromatic rings. The van der Waals surface area contributed by atoms with Gasteiger partial charge >= 0.3 is 6.18 Å². The van der Waals surface area contributed by atoms with Crippen molar-refractivity contribution >= 4 is 22.6 Å². The number of amides is 1. The van der Waals surface area contributed by atoms with Crippen molar-refractivity contribution in [2.24, 2.45) is 5.92 Å². The van der Waals surface area contributed by atoms with Crippen LogP contribution in [0.5, 0.6) is 0 Å². The summed E-state index contributed by atoms with van der Waals surface area (Å²) in [7, 11) is 0. The molecule has 0 radical (unpaired) electrons. The number of nitrogens with zero attached hydrogens (tertiary/aromatic N) is 4. The second-order valence-electron chi connectivity index (χ2n) is 6.81. The van der Waals surface area contributed by atoms with Crippen molar-refractivity contribution in [1.82, 2.24) is 9.36 Å². The van der Waals surface area contributed by atoms with Gasteiger partial charge in [-0.25, -0.2) is 8.78 Å². The SMILES string of the molecule is N#Cc1cc(C#N)cc(C(C(=O)Nc2nc(C(F)(F)F)ns2)C2CCC(F)(F)C2)c1. The van der Waals surface area contributed by atoms with Gasteiger partial charge in [0, 0.05) is 24.4 Å². The van der Waals surface area contributed by atoms with Crippen molar-refractivity contribution in [2.45, 2.75) is 37.3 Å². The molecule has 1 N–H and O–H groups in total. The lowest BCUT2D eigenvalue weighted by Crippen LogP contribution is -2.27. The number of halogens is 5. The van der Waals surface area contributed by atoms with E-state index in [1.807, 2.05) is 12.1 Å². The third-order valence-electron chi connectivity index (χ3n) is 4.68. The zero-order chi connectivity index (χ0) is 22.1. The van der Waals surface area contributed by atoms with E-state index in [1.165, 1.54) is 18.2 Å². The van der Waals surface area contributed by atoms with Gasteiger partial charge in [0.15, 0.2) is 0 Å². The fourth-order valence-electron chi connectivity index (χ4n) is 3.44. The van der Waals surface area contributed by atoms with Gasteiger partial charge in [0.05, 0.1) is 29.2 Å². The Kier molecular flexibility index (Phi) is 5.72. The van der Waals surface area contributed by atoms with Crippen LogP contribution in [0.25, 0.3) is 0 Å². The normalized spacial score (nSPS) is 19.0. The predicted molar refractivity (Wildman–Crippen MR) is 94.4 cm³/mol. The lowest BCUT2D eigenvalue weighted by Gasteiger charge is -2.23. The molecule has 0 bridgehead atoms. The predicted octanol–water partition coefficient (Wildman–Crippen LogP) is 4.46. The Labute approximate surface area is 171 Å². The monoisotopic (exact) mass is 441 g/mol. The van der Waals surface area contributed by atoms with Crippen LogP contribution in [-0.4, -0.2) is 21.2 Å². The molecular weight excluding hydrogens is 429 g/mol. The van der Waals surface area contributed by atoms with E-state index < -0.39 is 53.6 Å². The van der Waals surface area contributed by atoms with E-state index in [2.05, 4.69) is 14.7 Å². The molecule has 12 heteroatoms. The topological polar surface area (TPSA) is 102 Å². The molecule has 1 heterocycles. The summed E-state index contributed by atoms with van der Waals surface area (Å²) in [5.74, 6) is -7.32. The Morgan fingerprint density at radius 2 is 1.87 bits per heavy atom. The number of rotatable bonds is 4. The number of hydrogen-bond acceptors (Lipinski definition) is 6. The van der Waals surface area contributed by atoms with Crippen LogP contribution in [0.4, 0.5) is 27.1 Å². The van der Waals surface area contributed by atoms with E-state index in [9.17, 15) is 26.7 Å². The molecule has 3 rings (SSSR count). The number of alkyl halides is 5. The van der Waals surface area contributed by atoms with E-state index in [0.29, 0.717) is 11.5 Å². The molecule has 156 valence electrons. The number of nitriles is 2. The number of hydrogen-bond donors (Lipinski definition) is 1. The van der Waals surface area contributed by atoms with E-state index in [-0.39, 0.29) is 23.1 Å². The molecule has 0 spiro atoms. The number of carbonyl (C=O) groups is 1. The highest BCUT2D eigenvalue weighted by Gasteiger charge is 2.45. The Morgan fingerprint density at radius 1 is 1.23 bits per heavy atom. The van der Waals surface area contributed by atoms with Gasteiger partial charge in [-0.3, -0.25) is 4.79 Å². The first-order valence-corrected chi connectivity index (χ1v) is 9.34. The van der Waals surface area contributed by atoms with E-state index in [0.717, 1.165) is 0 Å². The minimum atomic E-state index is -4.80. The first kappa shape index (κ1) is 21.6. The van der Waals surface area contributed by atoms with Crippen LogP contribution in [-0.2, 0) is 11.0 Å².